The van der Waals surface area contributed by atoms with Crippen LogP contribution >= 0.6 is 0 Å². The second-order valence-corrected chi connectivity index (χ2v) is 38.0. The van der Waals surface area contributed by atoms with Crippen molar-refractivity contribution >= 4 is 35.1 Å². The predicted molar refractivity (Wildman–Crippen MR) is 462 cm³/mol. The highest BCUT2D eigenvalue weighted by atomic mass is 16.7. The smallest absolute Gasteiger partial charge is 0.306 e. The van der Waals surface area contributed by atoms with Crippen LogP contribution in [0.15, 0.2) is 83.5 Å². The molecule has 6 aliphatic heterocycles. The maximum atomic E-state index is 14.7. The Morgan fingerprint density at radius 2 is 0.943 bits per heavy atom. The largest absolute Gasteiger partial charge is 0.462 e. The number of esters is 2. The lowest BCUT2D eigenvalue weighted by Crippen LogP contribution is -2.59. The van der Waals surface area contributed by atoms with Crippen LogP contribution in [0.1, 0.15) is 208 Å². The van der Waals surface area contributed by atoms with Gasteiger partial charge >= 0.3 is 11.9 Å². The fourth-order valence-corrected chi connectivity index (χ4v) is 23.1. The summed E-state index contributed by atoms with van der Waals surface area (Å²) in [5.74, 6) is 1.40. The fraction of sp³-hybridized carbons (Fsp3) is 0.773. The van der Waals surface area contributed by atoms with Crippen molar-refractivity contribution in [2.75, 3.05) is 76.2 Å². The SMILES string of the molecule is CC[C@H]1CCC[C@H](O[C@H]2CC[C@H](N(C)C)[C@@H](C)O2)[C@@H](C)C(=O)C2=C[C@@H]3[C@@H](C=C(C)[C@@H]4C[C@@H](O[C@@H]5O[C@@H](C)[C@H](OC)[C@@H](OC)[C@H]5OC)C[C@@H]34)[C@@H]2CC(=O)O1.CC[C@H]1CCC[C@H](O[C@H]2CC[C@H](N(C)C)[C@@H](C)O2)[C@@H](C)C(=O)C2=C[C@@H]3[C@@H](C=C[C@@H]4C[C@@H](O[C@@H]5O[C@@H](C)[C@H](OC)[C@@H](OC)[C@H]5OC)C[C@@H]34)[C@@H]2CC(=O)O1.Cc1cc(C2CC2)nc(Nc2ccccc2)n1. The van der Waals surface area contributed by atoms with Gasteiger partial charge in [-0.3, -0.25) is 19.2 Å². The molecule has 34 atom stereocenters. The van der Waals surface area contributed by atoms with Crippen LogP contribution in [-0.2, 0) is 95.0 Å². The molecule has 7 aliphatic carbocycles. The van der Waals surface area contributed by atoms with Crippen molar-refractivity contribution in [2.24, 2.45) is 71.0 Å². The zero-order valence-electron chi connectivity index (χ0n) is 76.7. The third-order valence-electron chi connectivity index (χ3n) is 29.8. The number of methoxy groups -OCH3 is 6. The summed E-state index contributed by atoms with van der Waals surface area (Å²) in [6.07, 6.45) is 21.9. The quantitative estimate of drug-likeness (QED) is 0.0899. The van der Waals surface area contributed by atoms with E-state index in [9.17, 15) is 19.2 Å². The molecular formula is C97H147N5O20. The highest BCUT2D eigenvalue weighted by Crippen LogP contribution is 2.58. The molecule has 7 heterocycles. The van der Waals surface area contributed by atoms with Gasteiger partial charge in [-0.1, -0.05) is 81.8 Å². The molecule has 9 fully saturated rings. The van der Waals surface area contributed by atoms with Gasteiger partial charge in [-0.25, -0.2) is 9.97 Å². The maximum Gasteiger partial charge on any atom is 0.306 e. The summed E-state index contributed by atoms with van der Waals surface area (Å²) in [5.41, 5.74) is 6.07. The summed E-state index contributed by atoms with van der Waals surface area (Å²) in [4.78, 5) is 69.9. The normalized spacial score (nSPS) is 41.2. The molecule has 0 spiro atoms. The van der Waals surface area contributed by atoms with Gasteiger partial charge in [0.1, 0.15) is 48.8 Å². The standard InChI is InChI=1S/C42H67NO10.C41H65NO10.C14H15N3/c1-11-26-13-12-14-35(53-37-16-15-34(43(6)7)24(4)49-37)23(3)38(45)33-20-31-29(32(33)21-36(44)51-26)17-22(2)28-18-27(19-30(28)31)52-42-41(48-10)40(47-9)39(46-8)25(5)50-42;1-10-26-12-11-13-34(52-36-17-16-33(42(5)6)23(3)48-36)22(2)37(44)32-20-30-28(31(32)21-35(43)50-26)15-14-25-18-27(19-29(25)30)51-41-40(47-9)39(46-8)38(45-7)24(4)49-41;1-10-9-13(11-7-8-11)17-14(15-10)16-12-5-3-2-4-6-12/h17,20,23-32,34-35,37,39-42H,11-16,18-19,21H2,1-10H3;14-15,20,22-31,33-34,36,38-41H,10-13,16-19,21H2,1-9H3;2-6,9,11H,7-8H2,1H3,(H,15,16,17)/t23-,24-,25+,26+,27-,28+,29-,30-,31-,32+,34+,35+,37+,39+,40-,41-,42+;22-,23-,24+,25-,26+,27-,28-,29-,30-,31+,33+,34+,36+,38+,39-,40-,41+;/m11./s1. The monoisotopic (exact) mass is 1700 g/mol. The van der Waals surface area contributed by atoms with Gasteiger partial charge in [-0.2, -0.15) is 0 Å². The number of Topliss-reactive ketones (excluding diaryl/α,β-unsaturated/α-hetero) is 2. The molecule has 13 aliphatic rings. The number of carbonyl (C=O) groups is 4. The predicted octanol–water partition coefficient (Wildman–Crippen LogP) is 14.8. The first kappa shape index (κ1) is 94.3. The molecular weight excluding hydrogens is 1560 g/mol. The summed E-state index contributed by atoms with van der Waals surface area (Å²) in [6.45, 7) is 20.6. The van der Waals surface area contributed by atoms with Crippen molar-refractivity contribution in [2.45, 2.75) is 338 Å². The Morgan fingerprint density at radius 3 is 1.41 bits per heavy atom. The third-order valence-corrected chi connectivity index (χ3v) is 29.8. The number of anilines is 2. The average molecular weight is 1700 g/mol. The van der Waals surface area contributed by atoms with Gasteiger partial charge in [0.25, 0.3) is 0 Å². The Bertz CT molecular complexity index is 3890. The first-order valence-corrected chi connectivity index (χ1v) is 46.4. The van der Waals surface area contributed by atoms with E-state index in [2.05, 4.69) is 124 Å². The second kappa shape index (κ2) is 42.7. The van der Waals surface area contributed by atoms with Crippen LogP contribution in [-0.4, -0.2) is 249 Å². The number of nitrogens with one attached hydrogen (secondary N) is 1. The van der Waals surface area contributed by atoms with Gasteiger partial charge in [-0.15, -0.1) is 0 Å². The third kappa shape index (κ3) is 21.8. The van der Waals surface area contributed by atoms with Crippen LogP contribution in [0, 0.1) is 77.9 Å². The molecule has 1 N–H and O–H groups in total. The van der Waals surface area contributed by atoms with E-state index >= 15 is 0 Å². The number of para-hydroxylation sites is 1. The minimum atomic E-state index is -0.598. The number of likely N-dealkylation sites (N-methyl/N-ethyl adjacent to an activating group) is 2. The van der Waals surface area contributed by atoms with Gasteiger partial charge < -0.3 is 90.9 Å². The molecule has 6 saturated heterocycles. The van der Waals surface area contributed by atoms with E-state index in [4.69, 9.17) is 75.8 Å². The summed E-state index contributed by atoms with van der Waals surface area (Å²) in [7, 11) is 18.3. The van der Waals surface area contributed by atoms with Crippen LogP contribution in [0.5, 0.6) is 0 Å². The lowest BCUT2D eigenvalue weighted by Gasteiger charge is -2.44. The minimum Gasteiger partial charge on any atom is -0.462 e. The molecule has 0 bridgehead atoms. The number of aryl methyl sites for hydroxylation is 1. The highest BCUT2D eigenvalue weighted by Gasteiger charge is 2.57. The zero-order valence-corrected chi connectivity index (χ0v) is 76.7. The number of rotatable bonds is 21. The Labute approximate surface area is 726 Å². The van der Waals surface area contributed by atoms with Crippen molar-refractivity contribution in [1.82, 2.24) is 19.8 Å². The van der Waals surface area contributed by atoms with Crippen molar-refractivity contribution in [1.29, 1.82) is 0 Å². The summed E-state index contributed by atoms with van der Waals surface area (Å²) < 4.78 is 99.3. The molecule has 1 aromatic heterocycles. The number of benzene rings is 1. The van der Waals surface area contributed by atoms with Crippen molar-refractivity contribution < 1.29 is 95.0 Å². The topological polar surface area (TPSA) is 260 Å². The van der Waals surface area contributed by atoms with E-state index in [1.165, 1.54) is 24.1 Å². The Hall–Kier alpha value is -5.30. The summed E-state index contributed by atoms with van der Waals surface area (Å²) >= 11 is 0. The van der Waals surface area contributed by atoms with Gasteiger partial charge in [0.2, 0.25) is 5.95 Å². The first-order chi connectivity index (χ1) is 58.7. The van der Waals surface area contributed by atoms with Crippen molar-refractivity contribution in [3.8, 4) is 0 Å². The van der Waals surface area contributed by atoms with E-state index < -0.39 is 24.8 Å². The van der Waals surface area contributed by atoms with E-state index in [0.717, 1.165) is 112 Å². The number of fused-ring (bicyclic) bond motifs is 10. The Balaban J connectivity index is 0.000000176. The van der Waals surface area contributed by atoms with E-state index in [0.29, 0.717) is 48.6 Å². The lowest BCUT2D eigenvalue weighted by molar-refractivity contribution is -0.314. The van der Waals surface area contributed by atoms with Crippen LogP contribution in [0.25, 0.3) is 0 Å². The van der Waals surface area contributed by atoms with Crippen molar-refractivity contribution in [3.63, 3.8) is 0 Å². The maximum absolute atomic E-state index is 14.7. The molecule has 0 radical (unpaired) electrons. The number of nitrogens with zero attached hydrogens (tertiary/aromatic N) is 4. The van der Waals surface area contributed by atoms with E-state index in [1.807, 2.05) is 65.0 Å². The van der Waals surface area contributed by atoms with Gasteiger partial charge in [0, 0.05) is 101 Å². The van der Waals surface area contributed by atoms with E-state index in [-0.39, 0.29) is 194 Å². The van der Waals surface area contributed by atoms with E-state index in [1.54, 1.807) is 42.7 Å². The lowest BCUT2D eigenvalue weighted by atomic mass is 9.67. The van der Waals surface area contributed by atoms with Gasteiger partial charge in [0.05, 0.1) is 61.7 Å². The van der Waals surface area contributed by atoms with Crippen LogP contribution in [0.3, 0.4) is 0 Å². The molecule has 0 unspecified atom stereocenters. The average Bonchev–Trinajstić information content (AvgIpc) is 1.62. The van der Waals surface area contributed by atoms with Crippen LogP contribution < -0.4 is 5.32 Å². The zero-order chi connectivity index (χ0) is 87.1. The minimum absolute atomic E-state index is 0.0364. The molecule has 1 aromatic carbocycles. The number of hydrogen-bond acceptors (Lipinski definition) is 25. The number of ether oxygens (including phenoxy) is 16. The number of cyclic esters (lactones) is 2. The fourth-order valence-electron chi connectivity index (χ4n) is 23.1. The molecule has 3 saturated carbocycles. The molecule has 15 rings (SSSR count). The number of allylic oxidation sites excluding steroid dienone is 8. The number of aromatic nitrogens is 2. The molecule has 25 heteroatoms. The van der Waals surface area contributed by atoms with Crippen molar-refractivity contribution in [3.05, 3.63) is 94.9 Å². The molecule has 122 heavy (non-hydrogen) atoms. The first-order valence-electron chi connectivity index (χ1n) is 46.4. The second-order valence-electron chi connectivity index (χ2n) is 38.0. The van der Waals surface area contributed by atoms with Gasteiger partial charge in [-0.05, 0) is 262 Å². The number of ketones is 2. The van der Waals surface area contributed by atoms with Crippen LogP contribution in [0.4, 0.5) is 11.6 Å². The number of hydrogen-bond donors (Lipinski definition) is 1. The highest BCUT2D eigenvalue weighted by molar-refractivity contribution is 6.00. The van der Waals surface area contributed by atoms with Gasteiger partial charge in [0.15, 0.2) is 36.7 Å². The number of carbonyl (C=O) groups excluding carboxylic acids is 4. The Kier molecular flexibility index (Phi) is 33.0. The summed E-state index contributed by atoms with van der Waals surface area (Å²) in [6, 6.07) is 12.8. The summed E-state index contributed by atoms with van der Waals surface area (Å²) in [5, 5.41) is 3.25. The molecule has 2 aromatic rings. The molecule has 25 nitrogen and oxygen atoms in total. The Morgan fingerprint density at radius 1 is 0.467 bits per heavy atom. The molecule has 0 amide bonds. The molecule has 680 valence electrons. The van der Waals surface area contributed by atoms with Crippen LogP contribution in [0.2, 0.25) is 0 Å².